The van der Waals surface area contributed by atoms with E-state index in [0.29, 0.717) is 0 Å². The van der Waals surface area contributed by atoms with Crippen molar-refractivity contribution in [3.63, 3.8) is 0 Å². The van der Waals surface area contributed by atoms with Crippen molar-refractivity contribution in [2.45, 2.75) is 39.3 Å². The average Bonchev–Trinajstić information content (AvgIpc) is 3.24. The van der Waals surface area contributed by atoms with Crippen LogP contribution in [0.5, 0.6) is 0 Å². The topological polar surface area (TPSA) is 110 Å². The highest BCUT2D eigenvalue weighted by Gasteiger charge is 2.30. The zero-order chi connectivity index (χ0) is 24.5. The molecule has 34 heavy (non-hydrogen) atoms. The molecule has 0 aliphatic carbocycles. The molecule has 0 spiro atoms. The maximum atomic E-state index is 13.1. The predicted molar refractivity (Wildman–Crippen MR) is 128 cm³/mol. The number of amides is 2. The Labute approximate surface area is 199 Å². The van der Waals surface area contributed by atoms with Crippen LogP contribution in [0.25, 0.3) is 10.9 Å². The van der Waals surface area contributed by atoms with Crippen molar-refractivity contribution in [2.24, 2.45) is 11.8 Å². The Morgan fingerprint density at radius 1 is 1.00 bits per heavy atom. The molecule has 0 aliphatic rings. The van der Waals surface area contributed by atoms with Gasteiger partial charge in [0.1, 0.15) is 6.04 Å². The molecule has 3 N–H and O–H groups in total. The van der Waals surface area contributed by atoms with Gasteiger partial charge in [0, 0.05) is 35.9 Å². The van der Waals surface area contributed by atoms with Gasteiger partial charge in [-0.3, -0.25) is 14.4 Å². The van der Waals surface area contributed by atoms with Gasteiger partial charge >= 0.3 is 5.97 Å². The molecule has 0 fully saturated rings. The number of benzene rings is 2. The van der Waals surface area contributed by atoms with E-state index in [-0.39, 0.29) is 31.3 Å². The van der Waals surface area contributed by atoms with Crippen LogP contribution in [-0.2, 0) is 37.0 Å². The fourth-order valence-corrected chi connectivity index (χ4v) is 3.78. The highest BCUT2D eigenvalue weighted by atomic mass is 16.6. The number of methoxy groups -OCH3 is 1. The van der Waals surface area contributed by atoms with Crippen LogP contribution in [0, 0.1) is 11.8 Å². The molecule has 3 aromatic rings. The van der Waals surface area contributed by atoms with Gasteiger partial charge in [0.15, 0.2) is 0 Å². The largest absolute Gasteiger partial charge is 0.467 e. The number of aromatic amines is 1. The fourth-order valence-electron chi connectivity index (χ4n) is 3.78. The molecule has 2 atom stereocenters. The van der Waals surface area contributed by atoms with E-state index in [2.05, 4.69) is 15.8 Å². The number of fused-ring (bicyclic) bond motifs is 1. The number of hydrogen-bond donors (Lipinski definition) is 3. The summed E-state index contributed by atoms with van der Waals surface area (Å²) in [4.78, 5) is 46.4. The number of esters is 1. The molecule has 0 aliphatic heterocycles. The summed E-state index contributed by atoms with van der Waals surface area (Å²) in [6.45, 7) is 3.94. The first-order valence-corrected chi connectivity index (χ1v) is 11.3. The van der Waals surface area contributed by atoms with Crippen LogP contribution in [0.2, 0.25) is 0 Å². The van der Waals surface area contributed by atoms with Gasteiger partial charge in [-0.25, -0.2) is 10.3 Å². The summed E-state index contributed by atoms with van der Waals surface area (Å²) in [7, 11) is 1.29. The first kappa shape index (κ1) is 25.0. The van der Waals surface area contributed by atoms with Crippen molar-refractivity contribution in [3.8, 4) is 0 Å². The molecule has 0 bridgehead atoms. The van der Waals surface area contributed by atoms with Crippen LogP contribution in [-0.4, -0.2) is 35.9 Å². The first-order chi connectivity index (χ1) is 16.4. The van der Waals surface area contributed by atoms with Crippen LogP contribution in [0.15, 0.2) is 60.8 Å². The summed E-state index contributed by atoms with van der Waals surface area (Å²) in [5, 5.41) is 3.76. The van der Waals surface area contributed by atoms with Gasteiger partial charge in [0.05, 0.1) is 13.7 Å². The quantitative estimate of drug-likeness (QED) is 0.297. The molecular formula is C26H31N3O5. The highest BCUT2D eigenvalue weighted by Crippen LogP contribution is 2.21. The van der Waals surface area contributed by atoms with E-state index in [1.165, 1.54) is 7.11 Å². The van der Waals surface area contributed by atoms with Crippen LogP contribution < -0.4 is 10.8 Å². The molecule has 2 amide bonds. The summed E-state index contributed by atoms with van der Waals surface area (Å²) in [6.07, 6.45) is 2.02. The van der Waals surface area contributed by atoms with E-state index < -0.39 is 23.8 Å². The lowest BCUT2D eigenvalue weighted by Crippen LogP contribution is -2.47. The minimum absolute atomic E-state index is 0.0702. The summed E-state index contributed by atoms with van der Waals surface area (Å²) >= 11 is 0. The summed E-state index contributed by atoms with van der Waals surface area (Å²) in [6, 6.07) is 16.3. The number of para-hydroxylation sites is 1. The Hall–Kier alpha value is -3.65. The lowest BCUT2D eigenvalue weighted by Gasteiger charge is -2.23. The van der Waals surface area contributed by atoms with Crippen molar-refractivity contribution in [1.29, 1.82) is 0 Å². The number of ether oxygens (including phenoxy) is 1. The van der Waals surface area contributed by atoms with Crippen molar-refractivity contribution >= 4 is 28.7 Å². The number of nitrogens with one attached hydrogen (secondary N) is 3. The maximum Gasteiger partial charge on any atom is 0.328 e. The minimum Gasteiger partial charge on any atom is -0.467 e. The average molecular weight is 466 g/mol. The zero-order valence-corrected chi connectivity index (χ0v) is 19.7. The van der Waals surface area contributed by atoms with Gasteiger partial charge in [-0.15, -0.1) is 0 Å². The highest BCUT2D eigenvalue weighted by molar-refractivity contribution is 5.90. The molecule has 0 radical (unpaired) electrons. The predicted octanol–water partition coefficient (Wildman–Crippen LogP) is 3.28. The summed E-state index contributed by atoms with van der Waals surface area (Å²) in [5.41, 5.74) is 5.15. The molecule has 2 aromatic carbocycles. The molecule has 1 aromatic heterocycles. The number of carbonyl (C=O) groups is 3. The maximum absolute atomic E-state index is 13.1. The second-order valence-corrected chi connectivity index (χ2v) is 8.50. The van der Waals surface area contributed by atoms with E-state index in [1.807, 2.05) is 74.6 Å². The molecule has 0 saturated carbocycles. The third-order valence-corrected chi connectivity index (χ3v) is 5.72. The molecule has 0 saturated heterocycles. The van der Waals surface area contributed by atoms with E-state index in [4.69, 9.17) is 9.57 Å². The number of carbonyl (C=O) groups excluding carboxylic acids is 3. The molecule has 8 nitrogen and oxygen atoms in total. The Balaban J connectivity index is 1.61. The molecular weight excluding hydrogens is 434 g/mol. The van der Waals surface area contributed by atoms with Gasteiger partial charge in [0.25, 0.3) is 0 Å². The SMILES string of the molecule is COC(=O)[C@H](Cc1c[nH]c2ccccc12)NC(=O)C(CC(=O)NOCc1ccccc1)C(C)C. The second kappa shape index (κ2) is 12.0. The number of rotatable bonds is 11. The molecule has 8 heteroatoms. The third-order valence-electron chi connectivity index (χ3n) is 5.72. The van der Waals surface area contributed by atoms with Crippen molar-refractivity contribution in [2.75, 3.05) is 7.11 Å². The first-order valence-electron chi connectivity index (χ1n) is 11.3. The van der Waals surface area contributed by atoms with Gasteiger partial charge < -0.3 is 15.0 Å². The van der Waals surface area contributed by atoms with Crippen molar-refractivity contribution in [1.82, 2.24) is 15.8 Å². The number of hydrogen-bond acceptors (Lipinski definition) is 5. The zero-order valence-electron chi connectivity index (χ0n) is 19.7. The molecule has 1 heterocycles. The van der Waals surface area contributed by atoms with Gasteiger partial charge in [-0.2, -0.15) is 0 Å². The molecule has 3 rings (SSSR count). The van der Waals surface area contributed by atoms with Crippen LogP contribution in [0.1, 0.15) is 31.4 Å². The van der Waals surface area contributed by atoms with Crippen molar-refractivity contribution < 1.29 is 24.0 Å². The van der Waals surface area contributed by atoms with Crippen LogP contribution in [0.4, 0.5) is 0 Å². The van der Waals surface area contributed by atoms with Gasteiger partial charge in [-0.05, 0) is 23.1 Å². The Morgan fingerprint density at radius 2 is 1.71 bits per heavy atom. The van der Waals surface area contributed by atoms with E-state index in [9.17, 15) is 14.4 Å². The normalized spacial score (nSPS) is 12.8. The van der Waals surface area contributed by atoms with Crippen LogP contribution in [0.3, 0.4) is 0 Å². The Kier molecular flexibility index (Phi) is 8.81. The second-order valence-electron chi connectivity index (χ2n) is 8.50. The summed E-state index contributed by atoms with van der Waals surface area (Å²) < 4.78 is 4.93. The fraction of sp³-hybridized carbons (Fsp3) is 0.346. The number of hydroxylamine groups is 1. The van der Waals surface area contributed by atoms with Crippen molar-refractivity contribution in [3.05, 3.63) is 71.9 Å². The van der Waals surface area contributed by atoms with E-state index in [1.54, 1.807) is 0 Å². The lowest BCUT2D eigenvalue weighted by atomic mass is 9.90. The monoisotopic (exact) mass is 465 g/mol. The van der Waals surface area contributed by atoms with E-state index >= 15 is 0 Å². The molecule has 180 valence electrons. The third kappa shape index (κ3) is 6.68. The van der Waals surface area contributed by atoms with Gasteiger partial charge in [0.2, 0.25) is 11.8 Å². The lowest BCUT2D eigenvalue weighted by molar-refractivity contribution is -0.146. The van der Waals surface area contributed by atoms with E-state index in [0.717, 1.165) is 22.0 Å². The van der Waals surface area contributed by atoms with Crippen LogP contribution >= 0.6 is 0 Å². The number of aromatic nitrogens is 1. The number of H-pyrrole nitrogens is 1. The standard InChI is InChI=1S/C26H31N3O5/c1-17(2)21(14-24(30)29-34-16-18-9-5-4-6-10-18)25(31)28-23(26(32)33-3)13-19-15-27-22-12-8-7-11-20(19)22/h4-12,15,17,21,23,27H,13-14,16H2,1-3H3,(H,28,31)(H,29,30)/t21?,23-/m0/s1. The Bertz CT molecular complexity index is 1110. The molecule has 1 unspecified atom stereocenters. The smallest absolute Gasteiger partial charge is 0.328 e. The van der Waals surface area contributed by atoms with Gasteiger partial charge in [-0.1, -0.05) is 62.4 Å². The minimum atomic E-state index is -0.879. The summed E-state index contributed by atoms with van der Waals surface area (Å²) in [5.74, 6) is -2.11. The Morgan fingerprint density at radius 3 is 2.41 bits per heavy atom.